The number of amides is 1. The average Bonchev–Trinajstić information content (AvgIpc) is 2.98. The van der Waals surface area contributed by atoms with E-state index in [-0.39, 0.29) is 23.3 Å². The number of halogens is 3. The minimum atomic E-state index is -4.74. The number of carbonyl (C=O) groups is 1. The van der Waals surface area contributed by atoms with Crippen LogP contribution in [0.5, 0.6) is 0 Å². The molecule has 0 bridgehead atoms. The van der Waals surface area contributed by atoms with Gasteiger partial charge in [-0.25, -0.2) is 0 Å². The van der Waals surface area contributed by atoms with E-state index in [0.29, 0.717) is 18.5 Å². The molecule has 2 aromatic carbocycles. The molecule has 0 atom stereocenters. The first-order chi connectivity index (χ1) is 15.2. The van der Waals surface area contributed by atoms with Gasteiger partial charge in [0.25, 0.3) is 5.91 Å². The Bertz CT molecular complexity index is 1150. The van der Waals surface area contributed by atoms with E-state index in [1.165, 1.54) is 6.07 Å². The number of rotatable bonds is 4. The lowest BCUT2D eigenvalue weighted by Crippen LogP contribution is -2.55. The van der Waals surface area contributed by atoms with Crippen molar-refractivity contribution in [2.45, 2.75) is 31.0 Å². The van der Waals surface area contributed by atoms with Crippen LogP contribution in [0.4, 0.5) is 24.5 Å². The monoisotopic (exact) mass is 457 g/mol. The minimum Gasteiger partial charge on any atom is -0.392 e. The largest absolute Gasteiger partial charge is 0.417 e. The topological polar surface area (TPSA) is 67.6 Å². The van der Waals surface area contributed by atoms with Gasteiger partial charge in [-0.15, -0.1) is 0 Å². The van der Waals surface area contributed by atoms with Crippen molar-refractivity contribution < 1.29 is 23.1 Å². The smallest absolute Gasteiger partial charge is 0.392 e. The summed E-state index contributed by atoms with van der Waals surface area (Å²) < 4.78 is 40.4. The van der Waals surface area contributed by atoms with Crippen LogP contribution in [0.3, 0.4) is 0 Å². The first-order valence-corrected chi connectivity index (χ1v) is 10.3. The minimum absolute atomic E-state index is 0.0115. The van der Waals surface area contributed by atoms with E-state index in [1.807, 2.05) is 12.1 Å². The highest BCUT2D eigenvalue weighted by atomic mass is 32.1. The van der Waals surface area contributed by atoms with Crippen LogP contribution in [0, 0.1) is 11.3 Å². The number of nitriles is 1. The molecule has 1 amide bonds. The van der Waals surface area contributed by atoms with Crippen LogP contribution in [0.1, 0.15) is 36.0 Å². The first-order valence-electron chi connectivity index (χ1n) is 9.90. The number of aliphatic hydroxyl groups is 1. The van der Waals surface area contributed by atoms with E-state index >= 15 is 0 Å². The molecule has 1 N–H and O–H groups in total. The number of aliphatic hydroxyl groups excluding tert-OH is 1. The number of hydrogen-bond donors (Lipinski definition) is 1. The van der Waals surface area contributed by atoms with Gasteiger partial charge < -0.3 is 10.0 Å². The van der Waals surface area contributed by atoms with E-state index in [2.05, 4.69) is 0 Å². The summed E-state index contributed by atoms with van der Waals surface area (Å²) in [5.74, 6) is -0.365. The van der Waals surface area contributed by atoms with Gasteiger partial charge in [0.05, 0.1) is 29.5 Å². The molecule has 0 radical (unpaired) electrons. The van der Waals surface area contributed by atoms with Gasteiger partial charge >= 0.3 is 6.18 Å². The zero-order valence-electron chi connectivity index (χ0n) is 16.8. The third-order valence-electron chi connectivity index (χ3n) is 5.85. The standard InChI is InChI=1S/C23H18F3N3O2S/c24-23(25,26)19-13-18(9-6-16(19)14-27)28-20(31)22(10-2-11-22)29(21(28)32)17-7-4-15(5-8-17)3-1-12-30/h1,3-9,13,30H,2,10-12H2/b3-1+. The Hall–Kier alpha value is -3.22. The summed E-state index contributed by atoms with van der Waals surface area (Å²) in [6.45, 7) is -0.0883. The van der Waals surface area contributed by atoms with Crippen molar-refractivity contribution in [1.29, 1.82) is 5.26 Å². The summed E-state index contributed by atoms with van der Waals surface area (Å²) in [4.78, 5) is 16.3. The van der Waals surface area contributed by atoms with Crippen LogP contribution in [0.25, 0.3) is 6.08 Å². The normalized spacial score (nSPS) is 17.8. The molecule has 4 rings (SSSR count). The fourth-order valence-electron chi connectivity index (χ4n) is 4.13. The Balaban J connectivity index is 1.76. The number of carbonyl (C=O) groups excluding carboxylic acids is 1. The van der Waals surface area contributed by atoms with Crippen molar-refractivity contribution in [2.75, 3.05) is 16.4 Å². The van der Waals surface area contributed by atoms with E-state index < -0.39 is 22.8 Å². The van der Waals surface area contributed by atoms with Crippen LogP contribution < -0.4 is 9.80 Å². The molecule has 164 valence electrons. The lowest BCUT2D eigenvalue weighted by atomic mass is 9.75. The van der Waals surface area contributed by atoms with E-state index in [4.69, 9.17) is 22.6 Å². The molecule has 9 heteroatoms. The van der Waals surface area contributed by atoms with Gasteiger partial charge in [-0.2, -0.15) is 18.4 Å². The van der Waals surface area contributed by atoms with Crippen molar-refractivity contribution in [2.24, 2.45) is 0 Å². The molecule has 1 saturated heterocycles. The second kappa shape index (κ2) is 8.04. The second-order valence-corrected chi connectivity index (χ2v) is 8.02. The van der Waals surface area contributed by atoms with Crippen molar-refractivity contribution >= 4 is 40.7 Å². The number of anilines is 2. The molecule has 32 heavy (non-hydrogen) atoms. The Morgan fingerprint density at radius 1 is 1.16 bits per heavy atom. The predicted molar refractivity (Wildman–Crippen MR) is 118 cm³/mol. The van der Waals surface area contributed by atoms with Gasteiger partial charge in [-0.05, 0) is 67.4 Å². The Morgan fingerprint density at radius 3 is 2.34 bits per heavy atom. The van der Waals surface area contributed by atoms with Gasteiger partial charge in [0.15, 0.2) is 5.11 Å². The maximum atomic E-state index is 13.5. The van der Waals surface area contributed by atoms with Crippen molar-refractivity contribution in [3.63, 3.8) is 0 Å². The van der Waals surface area contributed by atoms with Crippen LogP contribution in [-0.2, 0) is 11.0 Å². The summed E-state index contributed by atoms with van der Waals surface area (Å²) >= 11 is 5.59. The molecule has 0 aromatic heterocycles. The van der Waals surface area contributed by atoms with Crippen LogP contribution >= 0.6 is 12.2 Å². The maximum Gasteiger partial charge on any atom is 0.417 e. The van der Waals surface area contributed by atoms with Gasteiger partial charge in [0.2, 0.25) is 0 Å². The number of hydrogen-bond acceptors (Lipinski definition) is 4. The molecule has 1 aliphatic carbocycles. The maximum absolute atomic E-state index is 13.5. The van der Waals surface area contributed by atoms with E-state index in [0.717, 1.165) is 29.0 Å². The molecule has 1 saturated carbocycles. The molecule has 2 fully saturated rings. The Labute approximate surface area is 188 Å². The quantitative estimate of drug-likeness (QED) is 0.678. The summed E-state index contributed by atoms with van der Waals surface area (Å²) in [6, 6.07) is 11.9. The van der Waals surface area contributed by atoms with Gasteiger partial charge in [-0.3, -0.25) is 9.69 Å². The summed E-state index contributed by atoms with van der Waals surface area (Å²) in [6.07, 6.45) is 0.484. The second-order valence-electron chi connectivity index (χ2n) is 7.66. The molecule has 2 aromatic rings. The third-order valence-corrected chi connectivity index (χ3v) is 6.21. The molecule has 2 aliphatic rings. The number of nitrogens with zero attached hydrogens (tertiary/aromatic N) is 3. The number of alkyl halides is 3. The van der Waals surface area contributed by atoms with Crippen LogP contribution in [0.2, 0.25) is 0 Å². The predicted octanol–water partition coefficient (Wildman–Crippen LogP) is 4.64. The molecule has 1 heterocycles. The summed E-state index contributed by atoms with van der Waals surface area (Å²) in [7, 11) is 0. The molecular weight excluding hydrogens is 439 g/mol. The van der Waals surface area contributed by atoms with Gasteiger partial charge in [0, 0.05) is 5.69 Å². The van der Waals surface area contributed by atoms with E-state index in [1.54, 1.807) is 35.3 Å². The van der Waals surface area contributed by atoms with E-state index in [9.17, 15) is 18.0 Å². The zero-order valence-corrected chi connectivity index (χ0v) is 17.6. The average molecular weight is 457 g/mol. The molecular formula is C23H18F3N3O2S. The van der Waals surface area contributed by atoms with Crippen molar-refractivity contribution in [1.82, 2.24) is 0 Å². The fourth-order valence-corrected chi connectivity index (χ4v) is 4.60. The fraction of sp³-hybridized carbons (Fsp3) is 0.261. The van der Waals surface area contributed by atoms with Crippen molar-refractivity contribution in [3.8, 4) is 6.07 Å². The molecule has 5 nitrogen and oxygen atoms in total. The zero-order chi connectivity index (χ0) is 23.1. The molecule has 1 spiro atoms. The summed E-state index contributed by atoms with van der Waals surface area (Å²) in [5.41, 5.74) is -1.04. The summed E-state index contributed by atoms with van der Waals surface area (Å²) in [5, 5.41) is 18.1. The van der Waals surface area contributed by atoms with Crippen molar-refractivity contribution in [3.05, 3.63) is 65.2 Å². The number of thiocarbonyl (C=S) groups is 1. The highest BCUT2D eigenvalue weighted by Gasteiger charge is 2.59. The third kappa shape index (κ3) is 3.45. The first kappa shape index (κ1) is 22.0. The lowest BCUT2D eigenvalue weighted by molar-refractivity contribution is -0.137. The molecule has 0 unspecified atom stereocenters. The van der Waals surface area contributed by atoms with Crippen LogP contribution in [-0.4, -0.2) is 28.3 Å². The Morgan fingerprint density at radius 2 is 1.81 bits per heavy atom. The highest BCUT2D eigenvalue weighted by molar-refractivity contribution is 7.81. The van der Waals surface area contributed by atoms with Crippen LogP contribution in [0.15, 0.2) is 48.5 Å². The lowest BCUT2D eigenvalue weighted by Gasteiger charge is -2.43. The van der Waals surface area contributed by atoms with Gasteiger partial charge in [-0.1, -0.05) is 24.3 Å². The molecule has 1 aliphatic heterocycles. The van der Waals surface area contributed by atoms with Gasteiger partial charge in [0.1, 0.15) is 5.54 Å². The number of benzene rings is 2. The Kier molecular flexibility index (Phi) is 5.53. The highest BCUT2D eigenvalue weighted by Crippen LogP contribution is 2.48. The SMILES string of the molecule is N#Cc1ccc(N2C(=O)C3(CCC3)N(c3ccc(/C=C/CO)cc3)C2=S)cc1C(F)(F)F.